The first-order chi connectivity index (χ1) is 10.1. The fraction of sp³-hybridized carbons (Fsp3) is 0.647. The van der Waals surface area contributed by atoms with Gasteiger partial charge in [-0.3, -0.25) is 4.90 Å². The Morgan fingerprint density at radius 1 is 1.38 bits per heavy atom. The van der Waals surface area contributed by atoms with E-state index in [1.807, 2.05) is 19.1 Å². The highest BCUT2D eigenvalue weighted by molar-refractivity contribution is 5.46. The Bertz CT molecular complexity index is 517. The van der Waals surface area contributed by atoms with Crippen molar-refractivity contribution in [3.8, 4) is 5.75 Å². The maximum absolute atomic E-state index is 10.8. The summed E-state index contributed by atoms with van der Waals surface area (Å²) in [6.45, 7) is 6.75. The Labute approximate surface area is 126 Å². The van der Waals surface area contributed by atoms with Crippen molar-refractivity contribution in [3.63, 3.8) is 0 Å². The van der Waals surface area contributed by atoms with E-state index in [0.29, 0.717) is 6.04 Å². The highest BCUT2D eigenvalue weighted by atomic mass is 16.5. The second-order valence-corrected chi connectivity index (χ2v) is 6.24. The molecule has 4 nitrogen and oxygen atoms in total. The number of nitrogens with zero attached hydrogens (tertiary/aromatic N) is 1. The summed E-state index contributed by atoms with van der Waals surface area (Å²) in [6.07, 6.45) is 1.65. The van der Waals surface area contributed by atoms with Gasteiger partial charge in [0.15, 0.2) is 0 Å². The van der Waals surface area contributed by atoms with Gasteiger partial charge < -0.3 is 14.6 Å². The van der Waals surface area contributed by atoms with E-state index >= 15 is 0 Å². The van der Waals surface area contributed by atoms with Gasteiger partial charge in [-0.05, 0) is 44.4 Å². The number of fused-ring (bicyclic) bond motifs is 1. The summed E-state index contributed by atoms with van der Waals surface area (Å²) in [5.41, 5.74) is 3.10. The van der Waals surface area contributed by atoms with E-state index in [1.165, 1.54) is 18.4 Å². The quantitative estimate of drug-likeness (QED) is 0.927. The smallest absolute Gasteiger partial charge is 0.127 e. The van der Waals surface area contributed by atoms with Crippen molar-refractivity contribution in [2.75, 3.05) is 26.8 Å². The lowest BCUT2D eigenvalue weighted by Gasteiger charge is -2.37. The summed E-state index contributed by atoms with van der Waals surface area (Å²) in [5, 5.41) is 10.8. The number of methoxy groups -OCH3 is 1. The Balaban J connectivity index is 1.82. The molecule has 2 saturated heterocycles. The van der Waals surface area contributed by atoms with Crippen LogP contribution in [0.15, 0.2) is 12.1 Å². The minimum atomic E-state index is -0.638. The molecule has 0 aliphatic carbocycles. The lowest BCUT2D eigenvalue weighted by atomic mass is 9.96. The number of ether oxygens (including phenoxy) is 2. The highest BCUT2D eigenvalue weighted by Gasteiger charge is 2.36. The number of aryl methyl sites for hydroxylation is 1. The number of rotatable bonds is 3. The average Bonchev–Trinajstić information content (AvgIpc) is 2.96. The van der Waals surface area contributed by atoms with Gasteiger partial charge in [0.25, 0.3) is 0 Å². The SMILES string of the molecule is COc1c(C(O)C2CN3CCCC3CO2)ccc(C)c1C. The molecule has 0 bridgehead atoms. The van der Waals surface area contributed by atoms with Gasteiger partial charge in [-0.1, -0.05) is 12.1 Å². The number of aliphatic hydroxyl groups excluding tert-OH is 1. The van der Waals surface area contributed by atoms with Gasteiger partial charge in [0.2, 0.25) is 0 Å². The van der Waals surface area contributed by atoms with E-state index in [1.54, 1.807) is 7.11 Å². The van der Waals surface area contributed by atoms with Crippen molar-refractivity contribution in [2.45, 2.75) is 44.9 Å². The van der Waals surface area contributed by atoms with E-state index in [-0.39, 0.29) is 6.10 Å². The summed E-state index contributed by atoms with van der Waals surface area (Å²) < 4.78 is 11.5. The van der Waals surface area contributed by atoms with Crippen molar-refractivity contribution in [3.05, 3.63) is 28.8 Å². The molecule has 0 amide bonds. The Hall–Kier alpha value is -1.10. The van der Waals surface area contributed by atoms with Crippen LogP contribution in [0.2, 0.25) is 0 Å². The zero-order valence-corrected chi connectivity index (χ0v) is 13.1. The zero-order valence-electron chi connectivity index (χ0n) is 13.1. The summed E-state index contributed by atoms with van der Waals surface area (Å²) in [7, 11) is 1.66. The second-order valence-electron chi connectivity index (χ2n) is 6.24. The van der Waals surface area contributed by atoms with Crippen molar-refractivity contribution >= 4 is 0 Å². The largest absolute Gasteiger partial charge is 0.496 e. The topological polar surface area (TPSA) is 41.9 Å². The van der Waals surface area contributed by atoms with Gasteiger partial charge >= 0.3 is 0 Å². The third-order valence-electron chi connectivity index (χ3n) is 5.00. The van der Waals surface area contributed by atoms with Crippen molar-refractivity contribution in [2.24, 2.45) is 0 Å². The van der Waals surface area contributed by atoms with E-state index in [0.717, 1.165) is 36.6 Å². The van der Waals surface area contributed by atoms with Gasteiger partial charge in [-0.2, -0.15) is 0 Å². The third kappa shape index (κ3) is 2.68. The number of morpholine rings is 1. The fourth-order valence-electron chi connectivity index (χ4n) is 3.55. The van der Waals surface area contributed by atoms with Crippen LogP contribution in [0.5, 0.6) is 5.75 Å². The monoisotopic (exact) mass is 291 g/mol. The molecular weight excluding hydrogens is 266 g/mol. The molecular formula is C17H25NO3. The first kappa shape index (κ1) is 14.8. The van der Waals surface area contributed by atoms with Gasteiger partial charge in [0.1, 0.15) is 18.0 Å². The highest BCUT2D eigenvalue weighted by Crippen LogP contribution is 2.35. The molecule has 2 aliphatic rings. The fourth-order valence-corrected chi connectivity index (χ4v) is 3.55. The van der Waals surface area contributed by atoms with E-state index in [2.05, 4.69) is 11.8 Å². The van der Waals surface area contributed by atoms with E-state index < -0.39 is 6.10 Å². The Morgan fingerprint density at radius 3 is 2.95 bits per heavy atom. The van der Waals surface area contributed by atoms with Gasteiger partial charge in [-0.15, -0.1) is 0 Å². The van der Waals surface area contributed by atoms with Crippen molar-refractivity contribution in [1.82, 2.24) is 4.90 Å². The predicted octanol–water partition coefficient (Wildman–Crippen LogP) is 2.21. The lowest BCUT2D eigenvalue weighted by Crippen LogP contribution is -2.48. The molecule has 0 aromatic heterocycles. The van der Waals surface area contributed by atoms with Crippen LogP contribution < -0.4 is 4.74 Å². The summed E-state index contributed by atoms with van der Waals surface area (Å²) in [5.74, 6) is 0.787. The van der Waals surface area contributed by atoms with Crippen LogP contribution in [-0.2, 0) is 4.74 Å². The minimum absolute atomic E-state index is 0.171. The van der Waals surface area contributed by atoms with Gasteiger partial charge in [0.05, 0.1) is 13.7 Å². The Kier molecular flexibility index (Phi) is 4.20. The summed E-state index contributed by atoms with van der Waals surface area (Å²) in [6, 6.07) is 4.55. The van der Waals surface area contributed by atoms with E-state index in [4.69, 9.17) is 9.47 Å². The number of benzene rings is 1. The number of hydrogen-bond acceptors (Lipinski definition) is 4. The second kappa shape index (κ2) is 5.95. The Morgan fingerprint density at radius 2 is 2.19 bits per heavy atom. The maximum atomic E-state index is 10.8. The maximum Gasteiger partial charge on any atom is 0.127 e. The molecule has 2 aliphatic heterocycles. The van der Waals surface area contributed by atoms with Crippen LogP contribution in [0.25, 0.3) is 0 Å². The van der Waals surface area contributed by atoms with Gasteiger partial charge in [-0.25, -0.2) is 0 Å². The van der Waals surface area contributed by atoms with Crippen LogP contribution >= 0.6 is 0 Å². The molecule has 116 valence electrons. The van der Waals surface area contributed by atoms with Crippen LogP contribution in [0.3, 0.4) is 0 Å². The standard InChI is InChI=1S/C17H25NO3/c1-11-6-7-14(17(20-3)12(11)2)16(19)15-9-18-8-4-5-13(18)10-21-15/h6-7,13,15-16,19H,4-5,8-10H2,1-3H3. The number of aliphatic hydroxyl groups is 1. The molecule has 1 aromatic carbocycles. The molecule has 2 fully saturated rings. The molecule has 0 saturated carbocycles. The molecule has 4 heteroatoms. The average molecular weight is 291 g/mol. The minimum Gasteiger partial charge on any atom is -0.496 e. The molecule has 3 rings (SSSR count). The molecule has 3 atom stereocenters. The molecule has 21 heavy (non-hydrogen) atoms. The lowest BCUT2D eigenvalue weighted by molar-refractivity contribution is -0.104. The number of hydrogen-bond donors (Lipinski definition) is 1. The molecule has 2 heterocycles. The van der Waals surface area contributed by atoms with Crippen molar-refractivity contribution < 1.29 is 14.6 Å². The normalized spacial score (nSPS) is 27.4. The first-order valence-electron chi connectivity index (χ1n) is 7.79. The molecule has 3 unspecified atom stereocenters. The first-order valence-corrected chi connectivity index (χ1v) is 7.79. The third-order valence-corrected chi connectivity index (χ3v) is 5.00. The van der Waals surface area contributed by atoms with E-state index in [9.17, 15) is 5.11 Å². The summed E-state index contributed by atoms with van der Waals surface area (Å²) >= 11 is 0. The van der Waals surface area contributed by atoms with Crippen molar-refractivity contribution in [1.29, 1.82) is 0 Å². The molecule has 1 aromatic rings. The molecule has 0 spiro atoms. The zero-order chi connectivity index (χ0) is 15.0. The van der Waals surface area contributed by atoms with Crippen LogP contribution in [0.1, 0.15) is 35.6 Å². The van der Waals surface area contributed by atoms with Crippen LogP contribution in [0.4, 0.5) is 0 Å². The molecule has 0 radical (unpaired) electrons. The summed E-state index contributed by atoms with van der Waals surface area (Å²) in [4.78, 5) is 2.45. The predicted molar refractivity (Wildman–Crippen MR) is 81.8 cm³/mol. The van der Waals surface area contributed by atoms with Gasteiger partial charge in [0, 0.05) is 18.2 Å². The molecule has 1 N–H and O–H groups in total. The van der Waals surface area contributed by atoms with Crippen LogP contribution in [0, 0.1) is 13.8 Å². The van der Waals surface area contributed by atoms with Crippen LogP contribution in [-0.4, -0.2) is 49.0 Å².